The van der Waals surface area contributed by atoms with Crippen molar-refractivity contribution < 1.29 is 18.3 Å². The maximum atomic E-state index is 12.2. The van der Waals surface area contributed by atoms with E-state index in [2.05, 4.69) is 10.8 Å². The molecule has 0 N–H and O–H groups in total. The molecule has 0 saturated heterocycles. The molecule has 0 unspecified atom stereocenters. The average Bonchev–Trinajstić information content (AvgIpc) is 2.61. The molecule has 0 spiro atoms. The fraction of sp³-hybridized carbons (Fsp3) is 0.263. The molecule has 0 aliphatic carbocycles. The lowest BCUT2D eigenvalue weighted by molar-refractivity contribution is -0.130. The zero-order valence-corrected chi connectivity index (χ0v) is 13.8. The predicted molar refractivity (Wildman–Crippen MR) is 89.0 cm³/mol. The molecule has 1 amide bonds. The lowest BCUT2D eigenvalue weighted by atomic mass is 10.1. The molecule has 0 aliphatic rings. The van der Waals surface area contributed by atoms with Crippen LogP contribution in [0.3, 0.4) is 0 Å². The molecule has 0 aromatic heterocycles. The summed E-state index contributed by atoms with van der Waals surface area (Å²) in [6, 6.07) is 15.4. The number of alkyl halides is 2. The second-order valence-corrected chi connectivity index (χ2v) is 5.58. The van der Waals surface area contributed by atoms with Crippen LogP contribution < -0.4 is 4.74 Å². The van der Waals surface area contributed by atoms with E-state index in [1.165, 1.54) is 12.1 Å². The molecular weight excluding hydrogens is 326 g/mol. The van der Waals surface area contributed by atoms with E-state index in [0.29, 0.717) is 24.9 Å². The molecule has 25 heavy (non-hydrogen) atoms. The Labute approximate surface area is 145 Å². The molecule has 130 valence electrons. The number of hydrogen-bond donors (Lipinski definition) is 0. The van der Waals surface area contributed by atoms with Crippen LogP contribution in [0.15, 0.2) is 48.5 Å². The largest absolute Gasteiger partial charge is 0.435 e. The Morgan fingerprint density at radius 1 is 1.12 bits per heavy atom. The highest BCUT2D eigenvalue weighted by atomic mass is 19.3. The molecule has 0 heterocycles. The molecule has 0 aliphatic heterocycles. The van der Waals surface area contributed by atoms with Gasteiger partial charge in [-0.05, 0) is 41.8 Å². The van der Waals surface area contributed by atoms with Crippen molar-refractivity contribution in [3.63, 3.8) is 0 Å². The van der Waals surface area contributed by atoms with E-state index in [0.717, 1.165) is 11.1 Å². The lowest BCUT2D eigenvalue weighted by Gasteiger charge is -2.17. The van der Waals surface area contributed by atoms with Gasteiger partial charge in [0.25, 0.3) is 0 Å². The van der Waals surface area contributed by atoms with E-state index in [1.54, 1.807) is 36.2 Å². The van der Waals surface area contributed by atoms with Crippen molar-refractivity contribution in [2.24, 2.45) is 0 Å². The molecule has 6 heteroatoms. The van der Waals surface area contributed by atoms with Gasteiger partial charge in [0.1, 0.15) is 5.75 Å². The maximum Gasteiger partial charge on any atom is 0.387 e. The Bertz CT molecular complexity index is 738. The van der Waals surface area contributed by atoms with E-state index in [9.17, 15) is 13.6 Å². The van der Waals surface area contributed by atoms with Crippen LogP contribution in [0.1, 0.15) is 23.1 Å². The summed E-state index contributed by atoms with van der Waals surface area (Å²) in [6.07, 6.45) is 0.949. The third-order valence-corrected chi connectivity index (χ3v) is 3.70. The first kappa shape index (κ1) is 18.4. The van der Waals surface area contributed by atoms with Crippen molar-refractivity contribution in [3.05, 3.63) is 65.2 Å². The van der Waals surface area contributed by atoms with Crippen molar-refractivity contribution in [2.75, 3.05) is 7.05 Å². The highest BCUT2D eigenvalue weighted by molar-refractivity contribution is 5.76. The number of benzene rings is 2. The third-order valence-electron chi connectivity index (χ3n) is 3.70. The smallest absolute Gasteiger partial charge is 0.387 e. The number of carbonyl (C=O) groups excluding carboxylic acids is 1. The van der Waals surface area contributed by atoms with E-state index < -0.39 is 6.61 Å². The number of ether oxygens (including phenoxy) is 1. The second-order valence-electron chi connectivity index (χ2n) is 5.58. The summed E-state index contributed by atoms with van der Waals surface area (Å²) in [4.78, 5) is 13.8. The molecule has 0 radical (unpaired) electrons. The number of nitriles is 1. The van der Waals surface area contributed by atoms with Gasteiger partial charge in [0.2, 0.25) is 5.91 Å². The van der Waals surface area contributed by atoms with E-state index >= 15 is 0 Å². The molecule has 0 bridgehead atoms. The third kappa shape index (κ3) is 5.88. The molecule has 4 nitrogen and oxygen atoms in total. The van der Waals surface area contributed by atoms with Crippen molar-refractivity contribution in [1.29, 1.82) is 5.26 Å². The number of amides is 1. The van der Waals surface area contributed by atoms with Gasteiger partial charge in [0.15, 0.2) is 0 Å². The van der Waals surface area contributed by atoms with Crippen molar-refractivity contribution in [1.82, 2.24) is 4.90 Å². The van der Waals surface area contributed by atoms with Crippen LogP contribution in [-0.2, 0) is 17.8 Å². The van der Waals surface area contributed by atoms with Gasteiger partial charge in [0, 0.05) is 20.0 Å². The number of hydrogen-bond acceptors (Lipinski definition) is 3. The number of halogens is 2. The first-order valence-electron chi connectivity index (χ1n) is 7.74. The number of nitrogens with zero attached hydrogens (tertiary/aromatic N) is 2. The summed E-state index contributed by atoms with van der Waals surface area (Å²) in [5.41, 5.74) is 2.41. The van der Waals surface area contributed by atoms with Crippen LogP contribution in [0.2, 0.25) is 0 Å². The van der Waals surface area contributed by atoms with Gasteiger partial charge in [-0.15, -0.1) is 0 Å². The van der Waals surface area contributed by atoms with Crippen LogP contribution in [-0.4, -0.2) is 24.5 Å². The van der Waals surface area contributed by atoms with Gasteiger partial charge < -0.3 is 9.64 Å². The molecule has 0 atom stereocenters. The Morgan fingerprint density at radius 3 is 2.28 bits per heavy atom. The van der Waals surface area contributed by atoms with E-state index in [4.69, 9.17) is 5.26 Å². The fourth-order valence-corrected chi connectivity index (χ4v) is 2.33. The molecule has 2 rings (SSSR count). The van der Waals surface area contributed by atoms with Crippen molar-refractivity contribution in [3.8, 4) is 11.8 Å². The molecule has 0 fully saturated rings. The highest BCUT2D eigenvalue weighted by Crippen LogP contribution is 2.16. The van der Waals surface area contributed by atoms with Crippen molar-refractivity contribution in [2.45, 2.75) is 26.0 Å². The Morgan fingerprint density at radius 2 is 1.72 bits per heavy atom. The van der Waals surface area contributed by atoms with Crippen molar-refractivity contribution >= 4 is 5.91 Å². The SMILES string of the molecule is CN(Cc1ccc(OC(F)F)cc1)C(=O)CCc1ccc(C#N)cc1. The van der Waals surface area contributed by atoms with E-state index in [-0.39, 0.29) is 11.7 Å². The fourth-order valence-electron chi connectivity index (χ4n) is 2.33. The molecular formula is C19H18F2N2O2. The van der Waals surface area contributed by atoms with E-state index in [1.807, 2.05) is 12.1 Å². The average molecular weight is 344 g/mol. The summed E-state index contributed by atoms with van der Waals surface area (Å²) < 4.78 is 28.5. The standard InChI is InChI=1S/C19H18F2N2O2/c1-23(13-16-6-9-17(10-7-16)25-19(20)21)18(24)11-8-14-2-4-15(12-22)5-3-14/h2-7,9-10,19H,8,11,13H2,1H3. The number of rotatable bonds is 7. The van der Waals surface area contributed by atoms with Gasteiger partial charge >= 0.3 is 6.61 Å². The summed E-state index contributed by atoms with van der Waals surface area (Å²) >= 11 is 0. The van der Waals surface area contributed by atoms with Crippen LogP contribution in [0, 0.1) is 11.3 Å². The van der Waals surface area contributed by atoms with Crippen LogP contribution >= 0.6 is 0 Å². The van der Waals surface area contributed by atoms with Gasteiger partial charge in [-0.1, -0.05) is 24.3 Å². The zero-order chi connectivity index (χ0) is 18.2. The maximum absolute atomic E-state index is 12.2. The Balaban J connectivity index is 1.84. The Hall–Kier alpha value is -2.94. The molecule has 2 aromatic carbocycles. The molecule has 2 aromatic rings. The minimum atomic E-state index is -2.85. The Kier molecular flexibility index (Phi) is 6.47. The predicted octanol–water partition coefficient (Wildman–Crippen LogP) is 3.75. The first-order valence-corrected chi connectivity index (χ1v) is 7.74. The summed E-state index contributed by atoms with van der Waals surface area (Å²) in [5, 5.41) is 8.76. The topological polar surface area (TPSA) is 53.3 Å². The monoisotopic (exact) mass is 344 g/mol. The van der Waals surface area contributed by atoms with Gasteiger partial charge in [-0.2, -0.15) is 14.0 Å². The van der Waals surface area contributed by atoms with Gasteiger partial charge in [0.05, 0.1) is 11.6 Å². The number of carbonyl (C=O) groups is 1. The van der Waals surface area contributed by atoms with Gasteiger partial charge in [-0.25, -0.2) is 0 Å². The minimum Gasteiger partial charge on any atom is -0.435 e. The summed E-state index contributed by atoms with van der Waals surface area (Å²) in [5.74, 6) is 0.0748. The number of aryl methyl sites for hydroxylation is 1. The van der Waals surface area contributed by atoms with Crippen LogP contribution in [0.5, 0.6) is 5.75 Å². The highest BCUT2D eigenvalue weighted by Gasteiger charge is 2.10. The quantitative estimate of drug-likeness (QED) is 0.769. The minimum absolute atomic E-state index is 0.0164. The van der Waals surface area contributed by atoms with Gasteiger partial charge in [-0.3, -0.25) is 4.79 Å². The van der Waals surface area contributed by atoms with Crippen LogP contribution in [0.25, 0.3) is 0 Å². The van der Waals surface area contributed by atoms with Crippen LogP contribution in [0.4, 0.5) is 8.78 Å². The second kappa shape index (κ2) is 8.78. The first-order chi connectivity index (χ1) is 12.0. The zero-order valence-electron chi connectivity index (χ0n) is 13.8. The summed E-state index contributed by atoms with van der Waals surface area (Å²) in [7, 11) is 1.70. The summed E-state index contributed by atoms with van der Waals surface area (Å²) in [6.45, 7) is -2.46. The lowest BCUT2D eigenvalue weighted by Crippen LogP contribution is -2.26. The normalized spacial score (nSPS) is 10.4. The molecule has 0 saturated carbocycles.